The van der Waals surface area contributed by atoms with Crippen LogP contribution in [0.2, 0.25) is 0 Å². The van der Waals surface area contributed by atoms with Gasteiger partial charge in [-0.15, -0.1) is 0 Å². The molecule has 0 amide bonds. The highest BCUT2D eigenvalue weighted by Gasteiger charge is 2.38. The van der Waals surface area contributed by atoms with Crippen LogP contribution in [0, 0.1) is 0 Å². The summed E-state index contributed by atoms with van der Waals surface area (Å²) in [5.74, 6) is -1.71. The fourth-order valence-electron chi connectivity index (χ4n) is 2.32. The molecule has 2 N–H and O–H groups in total. The van der Waals surface area contributed by atoms with E-state index in [0.29, 0.717) is 5.56 Å². The predicted octanol–water partition coefficient (Wildman–Crippen LogP) is 2.28. The maximum Gasteiger partial charge on any atom is 0.471 e. The number of H-pyrrole nitrogens is 1. The van der Waals surface area contributed by atoms with E-state index in [9.17, 15) is 21.6 Å². The quantitative estimate of drug-likeness (QED) is 0.590. The Morgan fingerprint density at radius 3 is 2.36 bits per heavy atom. The fourth-order valence-corrected chi connectivity index (χ4v) is 3.55. The molecule has 0 aliphatic heterocycles. The van der Waals surface area contributed by atoms with E-state index in [4.69, 9.17) is 4.74 Å². The minimum Gasteiger partial charge on any atom is -0.359 e. The van der Waals surface area contributed by atoms with Crippen molar-refractivity contribution in [3.63, 3.8) is 0 Å². The van der Waals surface area contributed by atoms with Crippen molar-refractivity contribution in [3.8, 4) is 11.4 Å². The van der Waals surface area contributed by atoms with Gasteiger partial charge in [-0.2, -0.15) is 28.0 Å². The monoisotopic (exact) mass is 417 g/mol. The van der Waals surface area contributed by atoms with Crippen molar-refractivity contribution in [2.24, 2.45) is 0 Å². The first-order valence-corrected chi connectivity index (χ1v) is 9.14. The van der Waals surface area contributed by atoms with E-state index in [0.717, 1.165) is 0 Å². The maximum absolute atomic E-state index is 12.6. The Morgan fingerprint density at radius 2 is 1.86 bits per heavy atom. The summed E-state index contributed by atoms with van der Waals surface area (Å²) in [7, 11) is -2.66. The summed E-state index contributed by atoms with van der Waals surface area (Å²) < 4.78 is 74.5. The first-order chi connectivity index (χ1) is 13.0. The van der Waals surface area contributed by atoms with Crippen LogP contribution in [0.25, 0.3) is 11.4 Å². The van der Waals surface area contributed by atoms with Crippen molar-refractivity contribution in [2.45, 2.75) is 23.9 Å². The molecule has 0 saturated heterocycles. The second-order valence-corrected chi connectivity index (χ2v) is 7.41. The molecule has 13 heteroatoms. The van der Waals surface area contributed by atoms with E-state index < -0.39 is 27.8 Å². The highest BCUT2D eigenvalue weighted by molar-refractivity contribution is 7.89. The molecular formula is C15H14F3N5O4S. The van der Waals surface area contributed by atoms with Gasteiger partial charge in [-0.05, 0) is 18.6 Å². The molecule has 3 rings (SSSR count). The molecule has 2 aromatic heterocycles. The Hall–Kier alpha value is -2.77. The summed E-state index contributed by atoms with van der Waals surface area (Å²) in [6, 6.07) is 7.05. The molecule has 1 unspecified atom stereocenters. The van der Waals surface area contributed by atoms with Crippen LogP contribution >= 0.6 is 0 Å². The average molecular weight is 417 g/mol. The lowest BCUT2D eigenvalue weighted by molar-refractivity contribution is -0.159. The fraction of sp³-hybridized carbons (Fsp3) is 0.267. The van der Waals surface area contributed by atoms with Crippen molar-refractivity contribution in [3.05, 3.63) is 48.0 Å². The van der Waals surface area contributed by atoms with Crippen molar-refractivity contribution < 1.29 is 30.8 Å². The summed E-state index contributed by atoms with van der Waals surface area (Å²) >= 11 is 0. The van der Waals surface area contributed by atoms with Gasteiger partial charge in [0.15, 0.2) is 10.8 Å². The zero-order chi connectivity index (χ0) is 20.6. The van der Waals surface area contributed by atoms with Gasteiger partial charge in [-0.1, -0.05) is 29.4 Å². The summed E-state index contributed by atoms with van der Waals surface area (Å²) in [4.78, 5) is 3.30. The van der Waals surface area contributed by atoms with Gasteiger partial charge in [-0.25, -0.2) is 8.42 Å². The van der Waals surface area contributed by atoms with E-state index in [-0.39, 0.29) is 16.4 Å². The third-order valence-electron chi connectivity index (χ3n) is 3.86. The first kappa shape index (κ1) is 20.0. The standard InChI is InChI=1S/C15H14F3N5O4S/c1-14(26-2,23-28(24,25)11-7-8-19-21-11)10-5-3-9(4-6-10)12-20-13(27-22-12)15(16,17)18/h3-8,23H,1-2H3,(H,19,21). The molecule has 150 valence electrons. The number of hydrogen-bond acceptors (Lipinski definition) is 7. The van der Waals surface area contributed by atoms with Crippen molar-refractivity contribution >= 4 is 10.0 Å². The molecule has 0 aliphatic carbocycles. The molecule has 1 aromatic carbocycles. The highest BCUT2D eigenvalue weighted by Crippen LogP contribution is 2.30. The lowest BCUT2D eigenvalue weighted by Gasteiger charge is -2.29. The largest absolute Gasteiger partial charge is 0.471 e. The molecule has 9 nitrogen and oxygen atoms in total. The van der Waals surface area contributed by atoms with Crippen molar-refractivity contribution in [1.82, 2.24) is 25.1 Å². The highest BCUT2D eigenvalue weighted by atomic mass is 32.2. The van der Waals surface area contributed by atoms with Gasteiger partial charge in [0.25, 0.3) is 10.0 Å². The second-order valence-electron chi connectivity index (χ2n) is 5.76. The van der Waals surface area contributed by atoms with Crippen LogP contribution < -0.4 is 4.72 Å². The number of aromatic amines is 1. The van der Waals surface area contributed by atoms with E-state index in [1.54, 1.807) is 0 Å². The third-order valence-corrected chi connectivity index (χ3v) is 5.33. The Balaban J connectivity index is 1.87. The first-order valence-electron chi connectivity index (χ1n) is 7.65. The Kier molecular flexibility index (Phi) is 4.99. The van der Waals surface area contributed by atoms with Crippen LogP contribution in [0.15, 0.2) is 46.1 Å². The van der Waals surface area contributed by atoms with E-state index >= 15 is 0 Å². The van der Waals surface area contributed by atoms with Crippen LogP contribution in [0.1, 0.15) is 18.4 Å². The Bertz CT molecular complexity index is 1050. The van der Waals surface area contributed by atoms with Crippen LogP contribution in [0.3, 0.4) is 0 Å². The van der Waals surface area contributed by atoms with E-state index in [1.807, 2.05) is 0 Å². The molecule has 2 heterocycles. The van der Waals surface area contributed by atoms with Crippen LogP contribution in [0.5, 0.6) is 0 Å². The molecule has 0 bridgehead atoms. The van der Waals surface area contributed by atoms with Crippen LogP contribution in [-0.2, 0) is 26.7 Å². The van der Waals surface area contributed by atoms with Gasteiger partial charge >= 0.3 is 12.1 Å². The van der Waals surface area contributed by atoms with Crippen molar-refractivity contribution in [1.29, 1.82) is 0 Å². The zero-order valence-electron chi connectivity index (χ0n) is 14.5. The number of benzene rings is 1. The molecular weight excluding hydrogens is 403 g/mol. The molecule has 0 spiro atoms. The number of sulfonamides is 1. The number of nitrogens with zero attached hydrogens (tertiary/aromatic N) is 3. The number of halogens is 3. The number of alkyl halides is 3. The molecule has 0 saturated carbocycles. The van der Waals surface area contributed by atoms with Gasteiger partial charge in [0, 0.05) is 12.7 Å². The Labute approximate surface area is 157 Å². The summed E-state index contributed by atoms with van der Waals surface area (Å²) in [6.07, 6.45) is -3.46. The number of rotatable bonds is 6. The topological polar surface area (TPSA) is 123 Å². The smallest absolute Gasteiger partial charge is 0.359 e. The second kappa shape index (κ2) is 7.00. The molecule has 3 aromatic rings. The minimum atomic E-state index is -4.75. The molecule has 0 fully saturated rings. The number of ether oxygens (including phenoxy) is 1. The number of methoxy groups -OCH3 is 1. The summed E-state index contributed by atoms with van der Waals surface area (Å²) in [5.41, 5.74) is -0.823. The number of hydrogen-bond donors (Lipinski definition) is 2. The molecule has 0 aliphatic rings. The number of aromatic nitrogens is 4. The van der Waals surface area contributed by atoms with E-state index in [2.05, 4.69) is 29.6 Å². The predicted molar refractivity (Wildman–Crippen MR) is 88.0 cm³/mol. The third kappa shape index (κ3) is 3.90. The van der Waals surface area contributed by atoms with Gasteiger partial charge in [-0.3, -0.25) is 5.10 Å². The average Bonchev–Trinajstić information content (AvgIpc) is 3.33. The molecule has 1 atom stereocenters. The van der Waals surface area contributed by atoms with Crippen molar-refractivity contribution in [2.75, 3.05) is 7.11 Å². The molecule has 28 heavy (non-hydrogen) atoms. The maximum atomic E-state index is 12.6. The lowest BCUT2D eigenvalue weighted by atomic mass is 10.0. The Morgan fingerprint density at radius 1 is 1.18 bits per heavy atom. The zero-order valence-corrected chi connectivity index (χ0v) is 15.3. The summed E-state index contributed by atoms with van der Waals surface area (Å²) in [5, 5.41) is 9.08. The normalized spacial score (nSPS) is 14.8. The van der Waals surface area contributed by atoms with Gasteiger partial charge in [0.1, 0.15) is 0 Å². The summed E-state index contributed by atoms with van der Waals surface area (Å²) in [6.45, 7) is 1.48. The SMILES string of the molecule is COC(C)(NS(=O)(=O)c1ccn[nH]1)c1ccc(-c2noc(C(F)(F)F)n2)cc1. The van der Waals surface area contributed by atoms with Crippen LogP contribution in [0.4, 0.5) is 13.2 Å². The number of nitrogens with one attached hydrogen (secondary N) is 2. The van der Waals surface area contributed by atoms with Gasteiger partial charge in [0.05, 0.1) is 6.20 Å². The lowest BCUT2D eigenvalue weighted by Crippen LogP contribution is -2.45. The minimum absolute atomic E-state index is 0.154. The van der Waals surface area contributed by atoms with Gasteiger partial charge in [0.2, 0.25) is 5.82 Å². The van der Waals surface area contributed by atoms with Gasteiger partial charge < -0.3 is 9.26 Å². The van der Waals surface area contributed by atoms with E-state index in [1.165, 1.54) is 50.6 Å². The van der Waals surface area contributed by atoms with Crippen LogP contribution in [-0.4, -0.2) is 35.9 Å². The molecule has 0 radical (unpaired) electrons.